The van der Waals surface area contributed by atoms with Gasteiger partial charge in [0.25, 0.3) is 0 Å². The Labute approximate surface area is 196 Å². The van der Waals surface area contributed by atoms with E-state index >= 15 is 0 Å². The second-order valence-electron chi connectivity index (χ2n) is 10.2. The first-order valence-corrected chi connectivity index (χ1v) is 11.7. The van der Waals surface area contributed by atoms with E-state index in [1.165, 1.54) is 6.33 Å². The van der Waals surface area contributed by atoms with Crippen LogP contribution in [0.25, 0.3) is 0 Å². The van der Waals surface area contributed by atoms with Crippen LogP contribution in [0.4, 0.5) is 5.82 Å². The molecule has 1 amide bonds. The van der Waals surface area contributed by atoms with Crippen LogP contribution >= 0.6 is 11.6 Å². The highest BCUT2D eigenvalue weighted by atomic mass is 35.5. The number of nitrogens with zero attached hydrogens (tertiary/aromatic N) is 4. The van der Waals surface area contributed by atoms with Gasteiger partial charge in [-0.2, -0.15) is 0 Å². The Hall–Kier alpha value is -2.34. The summed E-state index contributed by atoms with van der Waals surface area (Å²) < 4.78 is 5.92. The first kappa shape index (κ1) is 24.3. The molecule has 7 heteroatoms. The van der Waals surface area contributed by atoms with Gasteiger partial charge in [0.2, 0.25) is 11.8 Å². The number of carbonyl (C=O) groups excluding carboxylic acids is 1. The number of ether oxygens (including phenoxy) is 1. The zero-order valence-corrected chi connectivity index (χ0v) is 20.8. The Morgan fingerprint density at radius 1 is 1.25 bits per heavy atom. The van der Waals surface area contributed by atoms with Crippen LogP contribution in [0.3, 0.4) is 0 Å². The summed E-state index contributed by atoms with van der Waals surface area (Å²) in [6, 6.07) is 7.58. The number of aryl methyl sites for hydroxylation is 1. The maximum absolute atomic E-state index is 12.9. The van der Waals surface area contributed by atoms with Crippen molar-refractivity contribution in [3.8, 4) is 11.6 Å². The van der Waals surface area contributed by atoms with Crippen molar-refractivity contribution in [3.63, 3.8) is 0 Å². The molecule has 1 aromatic heterocycles. The van der Waals surface area contributed by atoms with Gasteiger partial charge >= 0.3 is 0 Å². The van der Waals surface area contributed by atoms with Crippen LogP contribution in [0.2, 0.25) is 5.02 Å². The number of rotatable bonds is 6. The first-order valence-electron chi connectivity index (χ1n) is 11.3. The molecular formula is C25H35ClN4O2. The van der Waals surface area contributed by atoms with Gasteiger partial charge in [0.1, 0.15) is 17.9 Å². The number of aromatic nitrogens is 2. The summed E-state index contributed by atoms with van der Waals surface area (Å²) in [5, 5.41) is 0.539. The highest BCUT2D eigenvalue weighted by Gasteiger charge is 2.29. The summed E-state index contributed by atoms with van der Waals surface area (Å²) in [7, 11) is 0. The Bertz CT molecular complexity index is 944. The van der Waals surface area contributed by atoms with Crippen molar-refractivity contribution in [2.24, 2.45) is 11.3 Å². The van der Waals surface area contributed by atoms with Crippen LogP contribution in [0.15, 0.2) is 30.6 Å². The average molecular weight is 459 g/mol. The molecular weight excluding hydrogens is 424 g/mol. The molecule has 0 bridgehead atoms. The fourth-order valence-electron chi connectivity index (χ4n) is 4.43. The van der Waals surface area contributed by atoms with E-state index in [-0.39, 0.29) is 17.4 Å². The lowest BCUT2D eigenvalue weighted by Gasteiger charge is -2.41. The molecule has 0 spiro atoms. The van der Waals surface area contributed by atoms with Crippen LogP contribution in [0.5, 0.6) is 11.6 Å². The third-order valence-corrected chi connectivity index (χ3v) is 6.00. The minimum Gasteiger partial charge on any atom is -0.437 e. The maximum atomic E-state index is 12.9. The zero-order valence-electron chi connectivity index (χ0n) is 20.1. The molecule has 2 atom stereocenters. The van der Waals surface area contributed by atoms with Crippen molar-refractivity contribution < 1.29 is 9.53 Å². The molecule has 0 unspecified atom stereocenters. The van der Waals surface area contributed by atoms with E-state index in [4.69, 9.17) is 16.3 Å². The first-order chi connectivity index (χ1) is 15.0. The molecule has 3 rings (SSSR count). The van der Waals surface area contributed by atoms with E-state index in [1.807, 2.05) is 36.1 Å². The minimum absolute atomic E-state index is 0.114. The predicted octanol–water partition coefficient (Wildman–Crippen LogP) is 5.73. The molecule has 0 saturated carbocycles. The van der Waals surface area contributed by atoms with Gasteiger partial charge in [-0.05, 0) is 49.3 Å². The monoisotopic (exact) mass is 458 g/mol. The summed E-state index contributed by atoms with van der Waals surface area (Å²) in [6.07, 6.45) is 3.15. The van der Waals surface area contributed by atoms with Gasteiger partial charge in [-0.25, -0.2) is 9.97 Å². The van der Waals surface area contributed by atoms with Crippen molar-refractivity contribution in [2.45, 2.75) is 60.4 Å². The molecule has 0 N–H and O–H groups in total. The zero-order chi connectivity index (χ0) is 23.5. The minimum atomic E-state index is 0.114. The van der Waals surface area contributed by atoms with Crippen LogP contribution < -0.4 is 9.64 Å². The van der Waals surface area contributed by atoms with E-state index in [0.717, 1.165) is 30.9 Å². The number of piperazine rings is 1. The number of carbonyl (C=O) groups is 1. The van der Waals surface area contributed by atoms with Crippen molar-refractivity contribution >= 4 is 23.3 Å². The van der Waals surface area contributed by atoms with Gasteiger partial charge in [0, 0.05) is 38.2 Å². The lowest BCUT2D eigenvalue weighted by Crippen LogP contribution is -2.54. The summed E-state index contributed by atoms with van der Waals surface area (Å²) >= 11 is 6.25. The van der Waals surface area contributed by atoms with Crippen molar-refractivity contribution in [1.29, 1.82) is 0 Å². The molecule has 0 radical (unpaired) electrons. The SMILES string of the molecule is Cc1ccc(Cl)c(Oc2cc(N3CCN(C(=O)C[C@H](C)CC(C)(C)C)[C@@H](C)C3)ncn2)c1. The lowest BCUT2D eigenvalue weighted by molar-refractivity contribution is -0.134. The van der Waals surface area contributed by atoms with Gasteiger partial charge in [-0.1, -0.05) is 45.4 Å². The second kappa shape index (κ2) is 10.1. The van der Waals surface area contributed by atoms with Crippen molar-refractivity contribution in [2.75, 3.05) is 24.5 Å². The largest absolute Gasteiger partial charge is 0.437 e. The van der Waals surface area contributed by atoms with Gasteiger partial charge in [0.05, 0.1) is 5.02 Å². The second-order valence-corrected chi connectivity index (χ2v) is 10.6. The Kier molecular flexibility index (Phi) is 7.65. The molecule has 1 saturated heterocycles. The average Bonchev–Trinajstić information content (AvgIpc) is 2.69. The predicted molar refractivity (Wildman–Crippen MR) is 130 cm³/mol. The molecule has 1 aliphatic heterocycles. The summed E-state index contributed by atoms with van der Waals surface area (Å²) in [4.78, 5) is 25.8. The molecule has 6 nitrogen and oxygen atoms in total. The van der Waals surface area contributed by atoms with E-state index in [0.29, 0.717) is 35.5 Å². The van der Waals surface area contributed by atoms with E-state index in [9.17, 15) is 4.79 Å². The highest BCUT2D eigenvalue weighted by Crippen LogP contribution is 2.31. The summed E-state index contributed by atoms with van der Waals surface area (Å²) in [6.45, 7) is 15.1. The smallest absolute Gasteiger partial charge is 0.224 e. The summed E-state index contributed by atoms with van der Waals surface area (Å²) in [5.41, 5.74) is 1.30. The van der Waals surface area contributed by atoms with Gasteiger partial charge < -0.3 is 14.5 Å². The van der Waals surface area contributed by atoms with E-state index in [2.05, 4.69) is 49.5 Å². The van der Waals surface area contributed by atoms with Gasteiger partial charge in [-0.3, -0.25) is 4.79 Å². The van der Waals surface area contributed by atoms with Crippen LogP contribution in [-0.4, -0.2) is 46.5 Å². The maximum Gasteiger partial charge on any atom is 0.224 e. The third-order valence-electron chi connectivity index (χ3n) is 5.68. The fraction of sp³-hybridized carbons (Fsp3) is 0.560. The van der Waals surface area contributed by atoms with Crippen LogP contribution in [-0.2, 0) is 4.79 Å². The van der Waals surface area contributed by atoms with E-state index in [1.54, 1.807) is 0 Å². The molecule has 32 heavy (non-hydrogen) atoms. The molecule has 1 aliphatic rings. The third kappa shape index (κ3) is 6.58. The molecule has 0 aliphatic carbocycles. The number of hydrogen-bond acceptors (Lipinski definition) is 5. The molecule has 1 aromatic carbocycles. The number of benzene rings is 1. The van der Waals surface area contributed by atoms with Gasteiger partial charge in [-0.15, -0.1) is 0 Å². The number of hydrogen-bond donors (Lipinski definition) is 0. The van der Waals surface area contributed by atoms with Crippen LogP contribution in [0.1, 0.15) is 53.0 Å². The Morgan fingerprint density at radius 3 is 2.69 bits per heavy atom. The highest BCUT2D eigenvalue weighted by molar-refractivity contribution is 6.32. The van der Waals surface area contributed by atoms with E-state index < -0.39 is 0 Å². The van der Waals surface area contributed by atoms with Crippen LogP contribution in [0, 0.1) is 18.3 Å². The number of anilines is 1. The molecule has 2 heterocycles. The van der Waals surface area contributed by atoms with Crippen molar-refractivity contribution in [1.82, 2.24) is 14.9 Å². The molecule has 174 valence electrons. The Balaban J connectivity index is 1.62. The molecule has 2 aromatic rings. The topological polar surface area (TPSA) is 58.6 Å². The molecule has 1 fully saturated rings. The fourth-order valence-corrected chi connectivity index (χ4v) is 4.59. The normalized spacial score (nSPS) is 17.9. The summed E-state index contributed by atoms with van der Waals surface area (Å²) in [5.74, 6) is 2.44. The van der Waals surface area contributed by atoms with Crippen molar-refractivity contribution in [3.05, 3.63) is 41.2 Å². The number of amides is 1. The Morgan fingerprint density at radius 2 is 2.00 bits per heavy atom. The quantitative estimate of drug-likeness (QED) is 0.553. The lowest BCUT2D eigenvalue weighted by atomic mass is 9.84. The van der Waals surface area contributed by atoms with Gasteiger partial charge in [0.15, 0.2) is 0 Å². The number of halogens is 1. The standard InChI is InChI=1S/C25H35ClN4O2/c1-17-7-8-20(26)21(11-17)32-23-13-22(27-16-28-23)29-9-10-30(19(3)15-29)24(31)12-18(2)14-25(4,5)6/h7-8,11,13,16,18-19H,9-10,12,14-15H2,1-6H3/t18-,19-/m0/s1.